The molecule has 2 fully saturated rings. The van der Waals surface area contributed by atoms with Crippen molar-refractivity contribution in [1.29, 1.82) is 0 Å². The predicted molar refractivity (Wildman–Crippen MR) is 109 cm³/mol. The Bertz CT molecular complexity index is 914. The molecule has 2 saturated heterocycles. The van der Waals surface area contributed by atoms with Crippen LogP contribution in [0.2, 0.25) is 0 Å². The summed E-state index contributed by atoms with van der Waals surface area (Å²) in [6, 6.07) is 5.47. The highest BCUT2D eigenvalue weighted by Gasteiger charge is 2.28. The van der Waals surface area contributed by atoms with Gasteiger partial charge in [0.1, 0.15) is 16.5 Å². The number of piperazine rings is 2. The molecule has 0 N–H and O–H groups in total. The molecule has 0 saturated carbocycles. The van der Waals surface area contributed by atoms with Crippen LogP contribution < -0.4 is 4.90 Å². The molecular formula is C19H28N6O3S. The van der Waals surface area contributed by atoms with Gasteiger partial charge in [0.25, 0.3) is 0 Å². The van der Waals surface area contributed by atoms with Crippen molar-refractivity contribution in [3.63, 3.8) is 0 Å². The number of anilines is 1. The van der Waals surface area contributed by atoms with E-state index in [0.29, 0.717) is 13.1 Å². The first-order valence-electron chi connectivity index (χ1n) is 9.96. The lowest BCUT2D eigenvalue weighted by Gasteiger charge is -2.35. The smallest absolute Gasteiger partial charge is 0.244 e. The number of rotatable bonds is 5. The Kier molecular flexibility index (Phi) is 5.86. The fraction of sp³-hybridized carbons (Fsp3) is 0.579. The molecule has 29 heavy (non-hydrogen) atoms. The van der Waals surface area contributed by atoms with Crippen molar-refractivity contribution >= 4 is 15.8 Å². The topological polar surface area (TPSA) is 86.0 Å². The van der Waals surface area contributed by atoms with Gasteiger partial charge in [0.2, 0.25) is 10.0 Å². The van der Waals surface area contributed by atoms with Crippen LogP contribution in [0.3, 0.4) is 0 Å². The van der Waals surface area contributed by atoms with E-state index < -0.39 is 10.0 Å². The summed E-state index contributed by atoms with van der Waals surface area (Å²) in [4.78, 5) is 11.4. The average Bonchev–Trinajstić information content (AvgIpc) is 3.13. The molecule has 9 nitrogen and oxygen atoms in total. The normalized spacial score (nSPS) is 20.3. The van der Waals surface area contributed by atoms with Crippen LogP contribution in [0.5, 0.6) is 0 Å². The zero-order chi connectivity index (χ0) is 20.4. The molecule has 2 aromatic rings. The molecule has 2 aliphatic heterocycles. The van der Waals surface area contributed by atoms with Crippen LogP contribution in [-0.2, 0) is 16.6 Å². The molecule has 158 valence electrons. The Labute approximate surface area is 171 Å². The van der Waals surface area contributed by atoms with Crippen molar-refractivity contribution in [2.24, 2.45) is 0 Å². The predicted octanol–water partition coefficient (Wildman–Crippen LogP) is 0.636. The van der Waals surface area contributed by atoms with Crippen LogP contribution >= 0.6 is 0 Å². The molecule has 2 aliphatic rings. The van der Waals surface area contributed by atoms with Crippen molar-refractivity contribution in [2.45, 2.75) is 18.4 Å². The van der Waals surface area contributed by atoms with E-state index in [-0.39, 0.29) is 4.90 Å². The fourth-order valence-electron chi connectivity index (χ4n) is 3.75. The molecule has 0 radical (unpaired) electrons. The molecule has 0 amide bonds. The third-order valence-corrected chi connectivity index (χ3v) is 7.46. The number of likely N-dealkylation sites (N-methyl/N-ethyl adjacent to an activating group) is 1. The van der Waals surface area contributed by atoms with Crippen molar-refractivity contribution in [3.05, 3.63) is 35.9 Å². The van der Waals surface area contributed by atoms with E-state index in [4.69, 9.17) is 4.52 Å². The number of aromatic nitrogens is 2. The molecule has 0 aliphatic carbocycles. The third-order valence-electron chi connectivity index (χ3n) is 5.58. The molecule has 0 atom stereocenters. The number of nitrogens with zero attached hydrogens (tertiary/aromatic N) is 6. The molecule has 4 rings (SSSR count). The van der Waals surface area contributed by atoms with Crippen LogP contribution in [0.1, 0.15) is 11.5 Å². The highest BCUT2D eigenvalue weighted by molar-refractivity contribution is 7.89. The van der Waals surface area contributed by atoms with E-state index in [2.05, 4.69) is 24.8 Å². The third kappa shape index (κ3) is 4.61. The standard InChI is InChI=1S/C19H28N6O3S/c1-16-13-17(21-28-16)15-23-7-9-24(10-8-23)19-4-3-18(14-20-19)29(26,27)25-11-5-22(2)6-12-25/h3-4,13-14H,5-12,15H2,1-2H3. The average molecular weight is 421 g/mol. The molecule has 10 heteroatoms. The van der Waals surface area contributed by atoms with Crippen molar-refractivity contribution < 1.29 is 12.9 Å². The lowest BCUT2D eigenvalue weighted by Crippen LogP contribution is -2.47. The van der Waals surface area contributed by atoms with Gasteiger partial charge in [0.15, 0.2) is 0 Å². The van der Waals surface area contributed by atoms with E-state index in [1.165, 1.54) is 6.20 Å². The quantitative estimate of drug-likeness (QED) is 0.697. The van der Waals surface area contributed by atoms with Crippen molar-refractivity contribution in [3.8, 4) is 0 Å². The van der Waals surface area contributed by atoms with Crippen LogP contribution in [0.25, 0.3) is 0 Å². The van der Waals surface area contributed by atoms with Gasteiger partial charge in [0.05, 0.1) is 5.69 Å². The van der Waals surface area contributed by atoms with Gasteiger partial charge in [-0.05, 0) is 26.1 Å². The van der Waals surface area contributed by atoms with Gasteiger partial charge in [-0.1, -0.05) is 5.16 Å². The Balaban J connectivity index is 1.35. The molecular weight excluding hydrogens is 392 g/mol. The largest absolute Gasteiger partial charge is 0.361 e. The summed E-state index contributed by atoms with van der Waals surface area (Å²) >= 11 is 0. The highest BCUT2D eigenvalue weighted by Crippen LogP contribution is 2.20. The summed E-state index contributed by atoms with van der Waals surface area (Å²) in [5, 5.41) is 4.06. The number of aryl methyl sites for hydroxylation is 1. The lowest BCUT2D eigenvalue weighted by atomic mass is 10.2. The van der Waals surface area contributed by atoms with Crippen LogP contribution in [0.15, 0.2) is 33.8 Å². The molecule has 0 aromatic carbocycles. The molecule has 0 spiro atoms. The summed E-state index contributed by atoms with van der Waals surface area (Å²) in [6.45, 7) is 8.70. The Morgan fingerprint density at radius 1 is 1.03 bits per heavy atom. The summed E-state index contributed by atoms with van der Waals surface area (Å²) < 4.78 is 32.3. The number of sulfonamides is 1. The number of pyridine rings is 1. The van der Waals surface area contributed by atoms with Crippen LogP contribution in [0, 0.1) is 6.92 Å². The molecule has 0 bridgehead atoms. The second kappa shape index (κ2) is 8.39. The minimum Gasteiger partial charge on any atom is -0.361 e. The Morgan fingerprint density at radius 3 is 2.34 bits per heavy atom. The van der Waals surface area contributed by atoms with Gasteiger partial charge < -0.3 is 14.3 Å². The summed E-state index contributed by atoms with van der Waals surface area (Å²) in [5.41, 5.74) is 0.951. The Hall–Kier alpha value is -2.01. The molecule has 4 heterocycles. The van der Waals surface area contributed by atoms with Gasteiger partial charge in [0, 0.05) is 71.2 Å². The van der Waals surface area contributed by atoms with E-state index >= 15 is 0 Å². The first kappa shape index (κ1) is 20.3. The van der Waals surface area contributed by atoms with E-state index in [1.807, 2.05) is 26.1 Å². The minimum atomic E-state index is -3.47. The zero-order valence-corrected chi connectivity index (χ0v) is 17.8. The highest BCUT2D eigenvalue weighted by atomic mass is 32.2. The van der Waals surface area contributed by atoms with E-state index in [9.17, 15) is 8.42 Å². The number of hydrogen-bond donors (Lipinski definition) is 0. The first-order valence-corrected chi connectivity index (χ1v) is 11.4. The Morgan fingerprint density at radius 2 is 1.76 bits per heavy atom. The second-order valence-electron chi connectivity index (χ2n) is 7.75. The van der Waals surface area contributed by atoms with Gasteiger partial charge in [-0.25, -0.2) is 13.4 Å². The van der Waals surface area contributed by atoms with E-state index in [1.54, 1.807) is 10.4 Å². The van der Waals surface area contributed by atoms with Gasteiger partial charge >= 0.3 is 0 Å². The summed E-state index contributed by atoms with van der Waals surface area (Å²) in [7, 11) is -1.47. The van der Waals surface area contributed by atoms with Crippen LogP contribution in [-0.4, -0.2) is 92.1 Å². The molecule has 0 unspecified atom stereocenters. The van der Waals surface area contributed by atoms with Crippen molar-refractivity contribution in [1.82, 2.24) is 24.2 Å². The monoisotopic (exact) mass is 420 g/mol. The SMILES string of the molecule is Cc1cc(CN2CCN(c3ccc(S(=O)(=O)N4CCN(C)CC4)cn3)CC2)no1. The maximum absolute atomic E-state index is 12.8. The summed E-state index contributed by atoms with van der Waals surface area (Å²) in [6.07, 6.45) is 1.49. The lowest BCUT2D eigenvalue weighted by molar-refractivity contribution is 0.222. The van der Waals surface area contributed by atoms with Gasteiger partial charge in [-0.2, -0.15) is 4.31 Å². The summed E-state index contributed by atoms with van der Waals surface area (Å²) in [5.74, 6) is 1.65. The van der Waals surface area contributed by atoms with Crippen molar-refractivity contribution in [2.75, 3.05) is 64.3 Å². The van der Waals surface area contributed by atoms with Gasteiger partial charge in [-0.3, -0.25) is 4.90 Å². The van der Waals surface area contributed by atoms with Crippen LogP contribution in [0.4, 0.5) is 5.82 Å². The first-order chi connectivity index (χ1) is 13.9. The van der Waals surface area contributed by atoms with E-state index in [0.717, 1.165) is 63.1 Å². The second-order valence-corrected chi connectivity index (χ2v) is 9.69. The maximum atomic E-state index is 12.8. The van der Waals surface area contributed by atoms with Gasteiger partial charge in [-0.15, -0.1) is 0 Å². The zero-order valence-electron chi connectivity index (χ0n) is 17.0. The minimum absolute atomic E-state index is 0.269. The number of hydrogen-bond acceptors (Lipinski definition) is 8. The fourth-order valence-corrected chi connectivity index (χ4v) is 5.11. The molecule has 2 aromatic heterocycles. The maximum Gasteiger partial charge on any atom is 0.244 e.